The summed E-state index contributed by atoms with van der Waals surface area (Å²) in [5.74, 6) is 0.0795. The van der Waals surface area contributed by atoms with Gasteiger partial charge in [0.25, 0.3) is 14.2 Å². The summed E-state index contributed by atoms with van der Waals surface area (Å²) < 4.78 is 6.44. The van der Waals surface area contributed by atoms with Crippen LogP contribution in [0.5, 0.6) is 0 Å². The van der Waals surface area contributed by atoms with Gasteiger partial charge in [-0.1, -0.05) is 44.7 Å². The van der Waals surface area contributed by atoms with E-state index in [1.54, 1.807) is 11.8 Å². The molecule has 140 valence electrons. The molecule has 3 nitrogen and oxygen atoms in total. The van der Waals surface area contributed by atoms with E-state index in [0.29, 0.717) is 13.1 Å². The van der Waals surface area contributed by atoms with Crippen molar-refractivity contribution >= 4 is 26.0 Å². The number of hydrogen-bond acceptors (Lipinski definition) is 3. The molecule has 1 amide bonds. The minimum atomic E-state index is -1.91. The van der Waals surface area contributed by atoms with Crippen LogP contribution < -0.4 is 0 Å². The average Bonchev–Trinajstić information content (AvgIpc) is 2.54. The molecular formula is C20H33NO2SSi. The van der Waals surface area contributed by atoms with Crippen molar-refractivity contribution in [1.29, 1.82) is 0 Å². The van der Waals surface area contributed by atoms with Crippen molar-refractivity contribution < 1.29 is 9.22 Å². The van der Waals surface area contributed by atoms with Crippen molar-refractivity contribution in [2.24, 2.45) is 0 Å². The summed E-state index contributed by atoms with van der Waals surface area (Å²) in [6.45, 7) is 18.6. The Hall–Kier alpha value is -1.20. The minimum absolute atomic E-state index is 0.0795. The summed E-state index contributed by atoms with van der Waals surface area (Å²) in [6.07, 6.45) is 2.00. The van der Waals surface area contributed by atoms with Gasteiger partial charge in [0.2, 0.25) is 0 Å². The molecule has 25 heavy (non-hydrogen) atoms. The Labute approximate surface area is 159 Å². The van der Waals surface area contributed by atoms with Gasteiger partial charge < -0.3 is 9.33 Å². The smallest absolute Gasteiger partial charge is 0.254 e. The lowest BCUT2D eigenvalue weighted by Gasteiger charge is -2.37. The van der Waals surface area contributed by atoms with Crippen LogP contribution in [-0.4, -0.2) is 32.2 Å². The number of amides is 1. The van der Waals surface area contributed by atoms with Gasteiger partial charge in [-0.25, -0.2) is 0 Å². The number of allylic oxidation sites excluding steroid dienone is 1. The predicted molar refractivity (Wildman–Crippen MR) is 112 cm³/mol. The Bertz CT molecular complexity index is 616. The third-order valence-corrected chi connectivity index (χ3v) is 10.4. The van der Waals surface area contributed by atoms with E-state index < -0.39 is 8.32 Å². The summed E-state index contributed by atoms with van der Waals surface area (Å²) in [6, 6.07) is 7.80. The quantitative estimate of drug-likeness (QED) is 0.323. The Morgan fingerprint density at radius 3 is 2.24 bits per heavy atom. The van der Waals surface area contributed by atoms with Gasteiger partial charge in [-0.2, -0.15) is 0 Å². The zero-order valence-electron chi connectivity index (χ0n) is 17.0. The van der Waals surface area contributed by atoms with Crippen LogP contribution in [0.1, 0.15) is 51.9 Å². The first-order valence-corrected chi connectivity index (χ1v) is 12.7. The fourth-order valence-corrected chi connectivity index (χ4v) is 4.53. The molecule has 0 fully saturated rings. The topological polar surface area (TPSA) is 29.5 Å². The summed E-state index contributed by atoms with van der Waals surface area (Å²) in [7, 11) is -1.91. The molecule has 0 unspecified atom stereocenters. The molecule has 5 heteroatoms. The van der Waals surface area contributed by atoms with E-state index in [9.17, 15) is 4.79 Å². The summed E-state index contributed by atoms with van der Waals surface area (Å²) >= 11 is 1.55. The van der Waals surface area contributed by atoms with Crippen molar-refractivity contribution in [3.8, 4) is 0 Å². The van der Waals surface area contributed by atoms with Crippen molar-refractivity contribution in [1.82, 2.24) is 4.90 Å². The third-order valence-electron chi connectivity index (χ3n) is 4.78. The predicted octanol–water partition coefficient (Wildman–Crippen LogP) is 6.14. The molecule has 0 atom stereocenters. The number of nitrogens with zero attached hydrogens (tertiary/aromatic N) is 1. The number of carbonyl (C=O) groups is 1. The molecule has 0 aliphatic rings. The molecule has 0 aliphatic heterocycles. The molecule has 0 saturated carbocycles. The molecule has 1 rings (SSSR count). The average molecular weight is 380 g/mol. The van der Waals surface area contributed by atoms with Crippen LogP contribution in [-0.2, 0) is 4.43 Å². The maximum Gasteiger partial charge on any atom is 0.254 e. The van der Waals surface area contributed by atoms with Gasteiger partial charge >= 0.3 is 0 Å². The van der Waals surface area contributed by atoms with Crippen LogP contribution in [0.25, 0.3) is 0 Å². The van der Waals surface area contributed by atoms with E-state index in [0.717, 1.165) is 15.6 Å². The molecule has 0 radical (unpaired) electrons. The summed E-state index contributed by atoms with van der Waals surface area (Å²) in [5, 5.41) is 1.02. The second kappa shape index (κ2) is 8.95. The highest BCUT2D eigenvalue weighted by molar-refractivity contribution is 8.03. The number of benzene rings is 1. The van der Waals surface area contributed by atoms with Crippen molar-refractivity contribution in [2.45, 2.75) is 64.6 Å². The first kappa shape index (κ1) is 21.8. The highest BCUT2D eigenvalue weighted by atomic mass is 32.2. The minimum Gasteiger partial charge on any atom is -0.539 e. The lowest BCUT2D eigenvalue weighted by Crippen LogP contribution is -2.40. The summed E-state index contributed by atoms with van der Waals surface area (Å²) in [4.78, 5) is 15.6. The molecule has 1 aromatic rings. The molecular weight excluding hydrogens is 346 g/mol. The van der Waals surface area contributed by atoms with E-state index in [1.807, 2.05) is 56.0 Å². The van der Waals surface area contributed by atoms with Crippen LogP contribution in [0.3, 0.4) is 0 Å². The highest BCUT2D eigenvalue weighted by Gasteiger charge is 2.39. The SMILES string of the molecule is CC=C(O[Si](C)(C)C(C)(C)C)Sc1ccccc1C(=O)N(CC)CC. The van der Waals surface area contributed by atoms with E-state index in [4.69, 9.17) is 4.43 Å². The fraction of sp³-hybridized carbons (Fsp3) is 0.550. The zero-order valence-corrected chi connectivity index (χ0v) is 18.8. The zero-order chi connectivity index (χ0) is 19.3. The van der Waals surface area contributed by atoms with Crippen LogP contribution in [0.4, 0.5) is 0 Å². The molecule has 0 aromatic heterocycles. The molecule has 0 aliphatic carbocycles. The molecule has 0 heterocycles. The maximum atomic E-state index is 12.8. The Balaban J connectivity index is 3.08. The first-order chi connectivity index (χ1) is 11.6. The molecule has 0 N–H and O–H groups in total. The van der Waals surface area contributed by atoms with Crippen molar-refractivity contribution in [2.75, 3.05) is 13.1 Å². The normalized spacial score (nSPS) is 12.9. The number of hydrogen-bond donors (Lipinski definition) is 0. The van der Waals surface area contributed by atoms with Gasteiger partial charge in [0.15, 0.2) is 0 Å². The monoisotopic (exact) mass is 379 g/mol. The standard InChI is InChI=1S/C20H33NO2SSi/c1-9-18(23-25(7,8)20(4,5)6)24-17-15-13-12-14-16(17)19(22)21(10-2)11-3/h9,12-15H,10-11H2,1-8H3. The van der Waals surface area contributed by atoms with Gasteiger partial charge in [-0.05, 0) is 57.1 Å². The third kappa shape index (κ3) is 5.64. The molecule has 0 bridgehead atoms. The highest BCUT2D eigenvalue weighted by Crippen LogP contribution is 2.41. The van der Waals surface area contributed by atoms with Crippen LogP contribution >= 0.6 is 11.8 Å². The van der Waals surface area contributed by atoms with Crippen molar-refractivity contribution in [3.05, 3.63) is 41.0 Å². The largest absolute Gasteiger partial charge is 0.539 e. The Morgan fingerprint density at radius 2 is 1.76 bits per heavy atom. The van der Waals surface area contributed by atoms with Crippen LogP contribution in [0, 0.1) is 0 Å². The second-order valence-corrected chi connectivity index (χ2v) is 13.3. The van der Waals surface area contributed by atoms with Gasteiger partial charge in [0, 0.05) is 18.0 Å². The molecule has 0 saturated heterocycles. The first-order valence-electron chi connectivity index (χ1n) is 8.98. The van der Waals surface area contributed by atoms with E-state index in [-0.39, 0.29) is 10.9 Å². The van der Waals surface area contributed by atoms with Gasteiger partial charge in [-0.15, -0.1) is 0 Å². The van der Waals surface area contributed by atoms with Crippen LogP contribution in [0.2, 0.25) is 18.1 Å². The van der Waals surface area contributed by atoms with E-state index in [2.05, 4.69) is 33.9 Å². The number of rotatable bonds is 7. The van der Waals surface area contributed by atoms with Gasteiger partial charge in [0.05, 0.1) is 5.56 Å². The van der Waals surface area contributed by atoms with Gasteiger partial charge in [-0.3, -0.25) is 4.79 Å². The van der Waals surface area contributed by atoms with E-state index >= 15 is 0 Å². The second-order valence-electron chi connectivity index (χ2n) is 7.55. The lowest BCUT2D eigenvalue weighted by molar-refractivity contribution is 0.0769. The Kier molecular flexibility index (Phi) is 7.81. The Morgan fingerprint density at radius 1 is 1.20 bits per heavy atom. The van der Waals surface area contributed by atoms with Gasteiger partial charge in [0.1, 0.15) is 5.09 Å². The maximum absolute atomic E-state index is 12.8. The lowest BCUT2D eigenvalue weighted by atomic mass is 10.2. The number of thioether (sulfide) groups is 1. The number of carbonyl (C=O) groups excluding carboxylic acids is 1. The fourth-order valence-electron chi connectivity index (χ4n) is 2.07. The molecule has 1 aromatic carbocycles. The summed E-state index contributed by atoms with van der Waals surface area (Å²) in [5.41, 5.74) is 0.745. The molecule has 0 spiro atoms. The van der Waals surface area contributed by atoms with Crippen molar-refractivity contribution in [3.63, 3.8) is 0 Å². The van der Waals surface area contributed by atoms with Crippen LogP contribution in [0.15, 0.2) is 40.3 Å². The van der Waals surface area contributed by atoms with E-state index in [1.165, 1.54) is 0 Å².